The van der Waals surface area contributed by atoms with E-state index in [2.05, 4.69) is 40.2 Å². The lowest BCUT2D eigenvalue weighted by Crippen LogP contribution is -1.91. The Kier molecular flexibility index (Phi) is 2.60. The Bertz CT molecular complexity index is 735. The van der Waals surface area contributed by atoms with E-state index in [0.717, 1.165) is 16.3 Å². The molecular formula is C15H10BrNOS. The van der Waals surface area contributed by atoms with Gasteiger partial charge in [-0.3, -0.25) is 0 Å². The number of hydrogen-bond acceptors (Lipinski definition) is 3. The van der Waals surface area contributed by atoms with Gasteiger partial charge >= 0.3 is 0 Å². The summed E-state index contributed by atoms with van der Waals surface area (Å²) in [5, 5.41) is 1.06. The van der Waals surface area contributed by atoms with Gasteiger partial charge in [-0.1, -0.05) is 40.2 Å². The van der Waals surface area contributed by atoms with E-state index in [-0.39, 0.29) is 4.83 Å². The van der Waals surface area contributed by atoms with Gasteiger partial charge in [-0.15, -0.1) is 11.3 Å². The molecule has 3 aromatic rings. The number of benzene rings is 2. The number of thiazole rings is 1. The molecule has 4 heteroatoms. The Morgan fingerprint density at radius 3 is 2.95 bits per heavy atom. The summed E-state index contributed by atoms with van der Waals surface area (Å²) in [6.07, 6.45) is 0. The summed E-state index contributed by atoms with van der Waals surface area (Å²) >= 11 is 5.41. The molecule has 1 aliphatic heterocycles. The fourth-order valence-corrected chi connectivity index (χ4v) is 4.02. The predicted molar refractivity (Wildman–Crippen MR) is 82.2 cm³/mol. The number of aromatic nitrogens is 1. The van der Waals surface area contributed by atoms with Crippen LogP contribution >= 0.6 is 27.3 Å². The first kappa shape index (κ1) is 11.4. The molecule has 0 aliphatic carbocycles. The smallest absolute Gasteiger partial charge is 0.125 e. The van der Waals surface area contributed by atoms with Crippen molar-refractivity contribution in [1.82, 2.24) is 4.98 Å². The van der Waals surface area contributed by atoms with E-state index in [1.165, 1.54) is 15.8 Å². The van der Waals surface area contributed by atoms with Gasteiger partial charge in [0.05, 0.1) is 15.0 Å². The van der Waals surface area contributed by atoms with Crippen molar-refractivity contribution in [2.75, 3.05) is 6.61 Å². The highest BCUT2D eigenvalue weighted by molar-refractivity contribution is 9.09. The maximum Gasteiger partial charge on any atom is 0.125 e. The van der Waals surface area contributed by atoms with Gasteiger partial charge < -0.3 is 4.74 Å². The summed E-state index contributed by atoms with van der Waals surface area (Å²) in [5.74, 6) is 0.971. The molecule has 1 atom stereocenters. The van der Waals surface area contributed by atoms with Gasteiger partial charge in [-0.05, 0) is 18.2 Å². The first-order valence-electron chi connectivity index (χ1n) is 6.08. The first-order valence-corrected chi connectivity index (χ1v) is 7.82. The highest BCUT2D eigenvalue weighted by Crippen LogP contribution is 2.45. The van der Waals surface area contributed by atoms with Crippen LogP contribution in [-0.2, 0) is 0 Å². The van der Waals surface area contributed by atoms with Crippen LogP contribution in [0, 0.1) is 0 Å². The van der Waals surface area contributed by atoms with Gasteiger partial charge in [0.25, 0.3) is 0 Å². The zero-order chi connectivity index (χ0) is 12.8. The van der Waals surface area contributed by atoms with E-state index in [1.807, 2.05) is 18.2 Å². The van der Waals surface area contributed by atoms with Crippen molar-refractivity contribution in [1.29, 1.82) is 0 Å². The fourth-order valence-electron chi connectivity index (χ4n) is 2.41. The average Bonchev–Trinajstić information content (AvgIpc) is 3.03. The Hall–Kier alpha value is -1.39. The lowest BCUT2D eigenvalue weighted by atomic mass is 10.1. The number of alkyl halides is 1. The van der Waals surface area contributed by atoms with Gasteiger partial charge in [-0.2, -0.15) is 0 Å². The largest absolute Gasteiger partial charge is 0.492 e. The molecule has 0 saturated heterocycles. The van der Waals surface area contributed by atoms with E-state index in [1.54, 1.807) is 11.3 Å². The van der Waals surface area contributed by atoms with E-state index in [0.29, 0.717) is 6.61 Å². The zero-order valence-electron chi connectivity index (χ0n) is 9.97. The molecule has 0 amide bonds. The van der Waals surface area contributed by atoms with Crippen LogP contribution in [-0.4, -0.2) is 11.6 Å². The van der Waals surface area contributed by atoms with Crippen molar-refractivity contribution < 1.29 is 4.74 Å². The molecule has 1 unspecified atom stereocenters. The Morgan fingerprint density at radius 1 is 1.16 bits per heavy atom. The monoisotopic (exact) mass is 331 g/mol. The van der Waals surface area contributed by atoms with E-state index < -0.39 is 0 Å². The summed E-state index contributed by atoms with van der Waals surface area (Å²) in [6, 6.07) is 14.4. The van der Waals surface area contributed by atoms with Crippen LogP contribution in [0.1, 0.15) is 10.4 Å². The number of ether oxygens (including phenoxy) is 1. The lowest BCUT2D eigenvalue weighted by Gasteiger charge is -2.05. The first-order chi connectivity index (χ1) is 9.33. The maximum absolute atomic E-state index is 5.68. The molecule has 0 radical (unpaired) electrons. The minimum absolute atomic E-state index is 0.255. The molecule has 2 nitrogen and oxygen atoms in total. The number of para-hydroxylation sites is 1. The summed E-state index contributed by atoms with van der Waals surface area (Å²) in [6.45, 7) is 0.692. The summed E-state index contributed by atoms with van der Waals surface area (Å²) in [4.78, 5) is 4.99. The molecule has 0 saturated carbocycles. The minimum Gasteiger partial charge on any atom is -0.492 e. The zero-order valence-corrected chi connectivity index (χ0v) is 12.4. The van der Waals surface area contributed by atoms with Crippen LogP contribution < -0.4 is 4.74 Å². The molecule has 94 valence electrons. The summed E-state index contributed by atoms with van der Waals surface area (Å²) in [7, 11) is 0. The third-order valence-corrected chi connectivity index (χ3v) is 5.08. The number of fused-ring (bicyclic) bond motifs is 2. The van der Waals surface area contributed by atoms with E-state index >= 15 is 0 Å². The van der Waals surface area contributed by atoms with Crippen molar-refractivity contribution in [3.05, 3.63) is 48.0 Å². The molecule has 2 heterocycles. The van der Waals surface area contributed by atoms with Crippen molar-refractivity contribution >= 4 is 37.5 Å². The number of rotatable bonds is 1. The van der Waals surface area contributed by atoms with Crippen LogP contribution in [0.15, 0.2) is 42.5 Å². The van der Waals surface area contributed by atoms with Crippen molar-refractivity contribution in [3.8, 4) is 16.3 Å². The lowest BCUT2D eigenvalue weighted by molar-refractivity contribution is 0.356. The average molecular weight is 332 g/mol. The molecule has 0 spiro atoms. The Morgan fingerprint density at radius 2 is 2.05 bits per heavy atom. The highest BCUT2D eigenvalue weighted by atomic mass is 79.9. The quantitative estimate of drug-likeness (QED) is 0.598. The number of hydrogen-bond donors (Lipinski definition) is 0. The van der Waals surface area contributed by atoms with Crippen molar-refractivity contribution in [2.24, 2.45) is 0 Å². The molecular weight excluding hydrogens is 322 g/mol. The second kappa shape index (κ2) is 4.32. The van der Waals surface area contributed by atoms with Crippen molar-refractivity contribution in [3.63, 3.8) is 0 Å². The molecule has 1 aliphatic rings. The van der Waals surface area contributed by atoms with Gasteiger partial charge in [0.1, 0.15) is 17.4 Å². The van der Waals surface area contributed by atoms with E-state index in [4.69, 9.17) is 9.72 Å². The third kappa shape index (κ3) is 1.78. The highest BCUT2D eigenvalue weighted by Gasteiger charge is 2.26. The van der Waals surface area contributed by atoms with Crippen LogP contribution in [0.3, 0.4) is 0 Å². The normalized spacial score (nSPS) is 17.4. The number of halogens is 1. The molecule has 0 fully saturated rings. The molecule has 0 N–H and O–H groups in total. The van der Waals surface area contributed by atoms with Gasteiger partial charge in [0.2, 0.25) is 0 Å². The van der Waals surface area contributed by atoms with Crippen LogP contribution in [0.2, 0.25) is 0 Å². The predicted octanol–water partition coefficient (Wildman–Crippen LogP) is 4.79. The van der Waals surface area contributed by atoms with Gasteiger partial charge in [0.15, 0.2) is 0 Å². The minimum atomic E-state index is 0.255. The van der Waals surface area contributed by atoms with Crippen LogP contribution in [0.4, 0.5) is 0 Å². The third-order valence-electron chi connectivity index (χ3n) is 3.29. The number of nitrogens with zero attached hydrogens (tertiary/aromatic N) is 1. The molecule has 19 heavy (non-hydrogen) atoms. The SMILES string of the molecule is BrC1COc2cccc(-c3nc4ccccc4s3)c21. The second-order valence-corrected chi connectivity index (χ2v) is 6.62. The van der Waals surface area contributed by atoms with Gasteiger partial charge in [-0.25, -0.2) is 4.98 Å². The van der Waals surface area contributed by atoms with Gasteiger partial charge in [0, 0.05) is 11.1 Å². The molecule has 0 bridgehead atoms. The van der Waals surface area contributed by atoms with Crippen molar-refractivity contribution in [2.45, 2.75) is 4.83 Å². The summed E-state index contributed by atoms with van der Waals surface area (Å²) < 4.78 is 6.90. The molecule has 1 aromatic heterocycles. The molecule has 4 rings (SSSR count). The Balaban J connectivity index is 1.95. The van der Waals surface area contributed by atoms with Crippen LogP contribution in [0.5, 0.6) is 5.75 Å². The fraction of sp³-hybridized carbons (Fsp3) is 0.133. The maximum atomic E-state index is 5.68. The van der Waals surface area contributed by atoms with E-state index in [9.17, 15) is 0 Å². The standard InChI is InChI=1S/C15H10BrNOS/c16-10-8-18-12-6-3-4-9(14(10)12)15-17-11-5-1-2-7-13(11)19-15/h1-7,10H,8H2. The molecule has 2 aromatic carbocycles. The van der Waals surface area contributed by atoms with Crippen LogP contribution in [0.25, 0.3) is 20.8 Å². The topological polar surface area (TPSA) is 22.1 Å². The Labute approximate surface area is 123 Å². The summed E-state index contributed by atoms with van der Waals surface area (Å²) in [5.41, 5.74) is 3.46. The second-order valence-electron chi connectivity index (χ2n) is 4.48.